The van der Waals surface area contributed by atoms with E-state index in [1.165, 1.54) is 11.1 Å². The monoisotopic (exact) mass is 301 g/mol. The number of rotatable bonds is 3. The second-order valence-electron chi connectivity index (χ2n) is 2.76. The molecule has 0 aliphatic carbocycles. The van der Waals surface area contributed by atoms with Gasteiger partial charge < -0.3 is 0 Å². The maximum atomic E-state index is 8.57. The van der Waals surface area contributed by atoms with Crippen molar-refractivity contribution in [1.29, 1.82) is 5.26 Å². The zero-order chi connectivity index (χ0) is 9.68. The molecule has 1 aromatic rings. The van der Waals surface area contributed by atoms with Crippen LogP contribution in [0.5, 0.6) is 0 Å². The zero-order valence-corrected chi connectivity index (χ0v) is 10.2. The number of nitrogens with zero attached hydrogens (tertiary/aromatic N) is 1. The van der Waals surface area contributed by atoms with Crippen molar-refractivity contribution >= 4 is 31.9 Å². The summed E-state index contributed by atoms with van der Waals surface area (Å²) in [6, 6.07) is 8.40. The van der Waals surface area contributed by atoms with E-state index in [2.05, 4.69) is 56.1 Å². The minimum Gasteiger partial charge on any atom is -0.198 e. The van der Waals surface area contributed by atoms with E-state index in [1.54, 1.807) is 0 Å². The minimum atomic E-state index is 0.487. The molecule has 0 saturated carbocycles. The van der Waals surface area contributed by atoms with Crippen LogP contribution in [0.1, 0.15) is 16.7 Å². The molecule has 0 N–H and O–H groups in total. The van der Waals surface area contributed by atoms with Crippen molar-refractivity contribution in [3.8, 4) is 6.07 Å². The lowest BCUT2D eigenvalue weighted by Crippen LogP contribution is -1.89. The third-order valence-electron chi connectivity index (χ3n) is 1.70. The second kappa shape index (κ2) is 5.41. The van der Waals surface area contributed by atoms with E-state index in [0.717, 1.165) is 16.2 Å². The van der Waals surface area contributed by atoms with Crippen molar-refractivity contribution in [3.63, 3.8) is 0 Å². The summed E-state index contributed by atoms with van der Waals surface area (Å²) in [6.07, 6.45) is 0.487. The van der Waals surface area contributed by atoms with Gasteiger partial charge in [-0.25, -0.2) is 0 Å². The summed E-state index contributed by atoms with van der Waals surface area (Å²) >= 11 is 6.82. The van der Waals surface area contributed by atoms with E-state index in [0.29, 0.717) is 6.42 Å². The van der Waals surface area contributed by atoms with Gasteiger partial charge in [-0.3, -0.25) is 0 Å². The topological polar surface area (TPSA) is 23.8 Å². The molecule has 1 rings (SSSR count). The van der Waals surface area contributed by atoms with Gasteiger partial charge in [-0.15, -0.1) is 0 Å². The van der Waals surface area contributed by atoms with Crippen LogP contribution in [0.25, 0.3) is 0 Å². The molecule has 0 heterocycles. The summed E-state index contributed by atoms with van der Waals surface area (Å²) in [7, 11) is 0. The van der Waals surface area contributed by atoms with Crippen molar-refractivity contribution in [2.75, 3.05) is 0 Å². The highest BCUT2D eigenvalue weighted by Gasteiger charge is 1.99. The Morgan fingerprint density at radius 2 is 1.46 bits per heavy atom. The smallest absolute Gasteiger partial charge is 0.0669 e. The van der Waals surface area contributed by atoms with Gasteiger partial charge in [0.15, 0.2) is 0 Å². The molecule has 0 amide bonds. The lowest BCUT2D eigenvalue weighted by molar-refractivity contribution is 1.21. The van der Waals surface area contributed by atoms with Gasteiger partial charge in [-0.05, 0) is 16.7 Å². The average Bonchev–Trinajstić information content (AvgIpc) is 2.17. The molecule has 0 aromatic heterocycles. The summed E-state index contributed by atoms with van der Waals surface area (Å²) in [5.74, 6) is 0. The van der Waals surface area contributed by atoms with Crippen LogP contribution in [-0.2, 0) is 17.1 Å². The highest BCUT2D eigenvalue weighted by molar-refractivity contribution is 9.08. The van der Waals surface area contributed by atoms with E-state index in [1.807, 2.05) is 0 Å². The molecule has 0 unspecified atom stereocenters. The summed E-state index contributed by atoms with van der Waals surface area (Å²) in [5, 5.41) is 10.3. The molecule has 1 aromatic carbocycles. The minimum absolute atomic E-state index is 0.487. The van der Waals surface area contributed by atoms with Gasteiger partial charge in [-0.2, -0.15) is 5.26 Å². The molecule has 13 heavy (non-hydrogen) atoms. The number of hydrogen-bond donors (Lipinski definition) is 0. The maximum absolute atomic E-state index is 8.57. The molecule has 0 aliphatic rings. The molecule has 1 nitrogen and oxygen atoms in total. The summed E-state index contributed by atoms with van der Waals surface area (Å²) < 4.78 is 0. The summed E-state index contributed by atoms with van der Waals surface area (Å²) in [5.41, 5.74) is 3.54. The second-order valence-corrected chi connectivity index (χ2v) is 3.88. The number of benzene rings is 1. The highest BCUT2D eigenvalue weighted by Crippen LogP contribution is 2.15. The molecule has 0 aliphatic heterocycles. The standard InChI is InChI=1S/C10H9Br2N/c11-6-9-3-8(1-2-13)4-10(5-9)7-12/h3-5H,1,6-7H2. The first-order valence-electron chi connectivity index (χ1n) is 3.90. The first-order valence-corrected chi connectivity index (χ1v) is 6.15. The Balaban J connectivity index is 3.01. The van der Waals surface area contributed by atoms with Gasteiger partial charge in [0.2, 0.25) is 0 Å². The molecular formula is C10H9Br2N. The normalized spacial score (nSPS) is 9.62. The fourth-order valence-corrected chi connectivity index (χ4v) is 1.83. The van der Waals surface area contributed by atoms with E-state index in [9.17, 15) is 0 Å². The number of nitriles is 1. The molecule has 3 heteroatoms. The number of alkyl halides is 2. The van der Waals surface area contributed by atoms with Gasteiger partial charge >= 0.3 is 0 Å². The Morgan fingerprint density at radius 1 is 1.00 bits per heavy atom. The largest absolute Gasteiger partial charge is 0.198 e. The molecule has 0 atom stereocenters. The Bertz CT molecular complexity index is 306. The Kier molecular flexibility index (Phi) is 4.47. The van der Waals surface area contributed by atoms with E-state index in [-0.39, 0.29) is 0 Å². The Morgan fingerprint density at radius 3 is 1.85 bits per heavy atom. The van der Waals surface area contributed by atoms with Crippen molar-refractivity contribution in [3.05, 3.63) is 34.9 Å². The third kappa shape index (κ3) is 3.13. The number of halogens is 2. The molecule has 0 bridgehead atoms. The lowest BCUT2D eigenvalue weighted by Gasteiger charge is -2.03. The Labute approximate surface area is 95.0 Å². The molecule has 68 valence electrons. The van der Waals surface area contributed by atoms with E-state index < -0.39 is 0 Å². The number of hydrogen-bond acceptors (Lipinski definition) is 1. The quantitative estimate of drug-likeness (QED) is 0.784. The van der Waals surface area contributed by atoms with Crippen LogP contribution >= 0.6 is 31.9 Å². The van der Waals surface area contributed by atoms with Gasteiger partial charge in [-0.1, -0.05) is 50.1 Å². The van der Waals surface area contributed by atoms with Crippen LogP contribution in [0, 0.1) is 11.3 Å². The van der Waals surface area contributed by atoms with E-state index >= 15 is 0 Å². The van der Waals surface area contributed by atoms with Crippen LogP contribution < -0.4 is 0 Å². The predicted octanol–water partition coefficient (Wildman–Crippen LogP) is 3.54. The average molecular weight is 303 g/mol. The highest BCUT2D eigenvalue weighted by atomic mass is 79.9. The molecular weight excluding hydrogens is 294 g/mol. The van der Waals surface area contributed by atoms with Crippen LogP contribution in [0.2, 0.25) is 0 Å². The molecule has 0 fully saturated rings. The van der Waals surface area contributed by atoms with Gasteiger partial charge in [0.05, 0.1) is 12.5 Å². The van der Waals surface area contributed by atoms with Crippen molar-refractivity contribution < 1.29 is 0 Å². The van der Waals surface area contributed by atoms with Crippen molar-refractivity contribution in [2.24, 2.45) is 0 Å². The lowest BCUT2D eigenvalue weighted by atomic mass is 10.1. The third-order valence-corrected chi connectivity index (χ3v) is 3.00. The molecule has 0 spiro atoms. The van der Waals surface area contributed by atoms with Crippen molar-refractivity contribution in [2.45, 2.75) is 17.1 Å². The van der Waals surface area contributed by atoms with Crippen molar-refractivity contribution in [1.82, 2.24) is 0 Å². The molecule has 0 saturated heterocycles. The SMILES string of the molecule is N#CCc1cc(CBr)cc(CBr)c1. The maximum Gasteiger partial charge on any atom is 0.0669 e. The van der Waals surface area contributed by atoms with E-state index in [4.69, 9.17) is 5.26 Å². The van der Waals surface area contributed by atoms with Gasteiger partial charge in [0, 0.05) is 10.7 Å². The Hall–Kier alpha value is -0.330. The zero-order valence-electron chi connectivity index (χ0n) is 7.06. The van der Waals surface area contributed by atoms with Gasteiger partial charge in [0.25, 0.3) is 0 Å². The van der Waals surface area contributed by atoms with Crippen LogP contribution in [0.15, 0.2) is 18.2 Å². The summed E-state index contributed by atoms with van der Waals surface area (Å²) in [6.45, 7) is 0. The van der Waals surface area contributed by atoms with Crippen LogP contribution in [0.3, 0.4) is 0 Å². The fraction of sp³-hybridized carbons (Fsp3) is 0.300. The fourth-order valence-electron chi connectivity index (χ4n) is 1.19. The summed E-state index contributed by atoms with van der Waals surface area (Å²) in [4.78, 5) is 0. The van der Waals surface area contributed by atoms with Crippen LogP contribution in [-0.4, -0.2) is 0 Å². The first-order chi connectivity index (χ1) is 6.30. The van der Waals surface area contributed by atoms with Crippen LogP contribution in [0.4, 0.5) is 0 Å². The van der Waals surface area contributed by atoms with Gasteiger partial charge in [0.1, 0.15) is 0 Å². The first kappa shape index (κ1) is 10.7. The molecule has 0 radical (unpaired) electrons. The predicted molar refractivity (Wildman–Crippen MR) is 61.0 cm³/mol.